The Balaban J connectivity index is 1.88. The number of aryl methyl sites for hydroxylation is 2. The summed E-state index contributed by atoms with van der Waals surface area (Å²) in [5.41, 5.74) is 2.58. The molecule has 0 aliphatic rings. The SMILES string of the molecule is Cc1nn(C)cc1-c1nn2c(-c3cnccn3)nnc2s1. The first kappa shape index (κ1) is 12.1. The van der Waals surface area contributed by atoms with Gasteiger partial charge in [0.1, 0.15) is 5.69 Å². The maximum atomic E-state index is 4.58. The first-order valence-electron chi connectivity index (χ1n) is 6.21. The van der Waals surface area contributed by atoms with Gasteiger partial charge in [0.25, 0.3) is 0 Å². The van der Waals surface area contributed by atoms with Gasteiger partial charge in [-0.2, -0.15) is 14.7 Å². The average Bonchev–Trinajstić information content (AvgIpc) is 3.13. The smallest absolute Gasteiger partial charge is 0.235 e. The van der Waals surface area contributed by atoms with Crippen LogP contribution < -0.4 is 0 Å². The molecule has 0 unspecified atom stereocenters. The summed E-state index contributed by atoms with van der Waals surface area (Å²) in [6.07, 6.45) is 6.83. The standard InChI is InChI=1S/C12H10N8S/c1-7-8(6-19(2)17-7)11-18-20-10(15-16-12(20)21-11)9-5-13-3-4-14-9/h3-6H,1-2H3. The van der Waals surface area contributed by atoms with Crippen molar-refractivity contribution in [2.24, 2.45) is 7.05 Å². The summed E-state index contributed by atoms with van der Waals surface area (Å²) in [5, 5.41) is 18.1. The number of hydrogen-bond donors (Lipinski definition) is 0. The van der Waals surface area contributed by atoms with Crippen LogP contribution in [0.2, 0.25) is 0 Å². The molecule has 0 saturated heterocycles. The summed E-state index contributed by atoms with van der Waals surface area (Å²) < 4.78 is 3.47. The first-order valence-corrected chi connectivity index (χ1v) is 7.03. The van der Waals surface area contributed by atoms with Crippen LogP contribution in [0.15, 0.2) is 24.8 Å². The van der Waals surface area contributed by atoms with Crippen LogP contribution in [0.5, 0.6) is 0 Å². The normalized spacial score (nSPS) is 11.3. The second-order valence-corrected chi connectivity index (χ2v) is 5.47. The predicted molar refractivity (Wildman–Crippen MR) is 76.6 cm³/mol. The molecule has 8 nitrogen and oxygen atoms in total. The Hall–Kier alpha value is -2.68. The highest BCUT2D eigenvalue weighted by Crippen LogP contribution is 2.28. The number of fused-ring (bicyclic) bond motifs is 1. The molecule has 0 N–H and O–H groups in total. The molecule has 21 heavy (non-hydrogen) atoms. The molecule has 0 saturated carbocycles. The van der Waals surface area contributed by atoms with Crippen molar-refractivity contribution in [2.45, 2.75) is 6.92 Å². The van der Waals surface area contributed by atoms with Crippen molar-refractivity contribution in [3.63, 3.8) is 0 Å². The van der Waals surface area contributed by atoms with Crippen molar-refractivity contribution in [1.82, 2.24) is 39.6 Å². The van der Waals surface area contributed by atoms with Crippen LogP contribution in [0.1, 0.15) is 5.69 Å². The van der Waals surface area contributed by atoms with E-state index in [1.54, 1.807) is 27.8 Å². The van der Waals surface area contributed by atoms with Crippen LogP contribution in [0.3, 0.4) is 0 Å². The molecule has 0 aliphatic carbocycles. The molecule has 0 aromatic carbocycles. The van der Waals surface area contributed by atoms with Gasteiger partial charge in [-0.3, -0.25) is 9.67 Å². The molecular formula is C12H10N8S. The molecule has 0 spiro atoms. The van der Waals surface area contributed by atoms with Crippen molar-refractivity contribution in [3.8, 4) is 22.1 Å². The summed E-state index contributed by atoms with van der Waals surface area (Å²) in [6.45, 7) is 1.96. The van der Waals surface area contributed by atoms with Crippen LogP contribution in [0.4, 0.5) is 0 Å². The van der Waals surface area contributed by atoms with Crippen LogP contribution in [0.25, 0.3) is 27.1 Å². The largest absolute Gasteiger partial charge is 0.275 e. The molecule has 4 aromatic rings. The minimum absolute atomic E-state index is 0.585. The van der Waals surface area contributed by atoms with E-state index in [2.05, 4.69) is 30.4 Å². The minimum atomic E-state index is 0.585. The van der Waals surface area contributed by atoms with E-state index in [4.69, 9.17) is 0 Å². The second kappa shape index (κ2) is 4.42. The molecule has 0 amide bonds. The topological polar surface area (TPSA) is 86.7 Å². The molecule has 0 atom stereocenters. The number of hydrogen-bond acceptors (Lipinski definition) is 7. The van der Waals surface area contributed by atoms with Gasteiger partial charge in [0, 0.05) is 25.6 Å². The lowest BCUT2D eigenvalue weighted by Gasteiger charge is -1.94. The van der Waals surface area contributed by atoms with Crippen molar-refractivity contribution in [1.29, 1.82) is 0 Å². The summed E-state index contributed by atoms with van der Waals surface area (Å²) in [7, 11) is 1.89. The third kappa shape index (κ3) is 1.89. The fourth-order valence-electron chi connectivity index (χ4n) is 2.11. The van der Waals surface area contributed by atoms with Gasteiger partial charge < -0.3 is 0 Å². The van der Waals surface area contributed by atoms with Gasteiger partial charge in [-0.05, 0) is 6.92 Å². The molecule has 9 heteroatoms. The third-order valence-corrected chi connectivity index (χ3v) is 3.96. The van der Waals surface area contributed by atoms with Crippen LogP contribution in [-0.2, 0) is 7.05 Å². The average molecular weight is 298 g/mol. The monoisotopic (exact) mass is 298 g/mol. The highest BCUT2D eigenvalue weighted by molar-refractivity contribution is 7.19. The number of nitrogens with zero attached hydrogens (tertiary/aromatic N) is 8. The van der Waals surface area contributed by atoms with E-state index in [-0.39, 0.29) is 0 Å². The fourth-order valence-corrected chi connectivity index (χ4v) is 3.01. The predicted octanol–water partition coefficient (Wildman–Crippen LogP) is 1.35. The summed E-state index contributed by atoms with van der Waals surface area (Å²) >= 11 is 1.47. The Bertz CT molecular complexity index is 919. The molecule has 4 heterocycles. The van der Waals surface area contributed by atoms with E-state index in [1.165, 1.54) is 11.3 Å². The minimum Gasteiger partial charge on any atom is -0.275 e. The van der Waals surface area contributed by atoms with E-state index in [1.807, 2.05) is 20.2 Å². The number of rotatable bonds is 2. The first-order chi connectivity index (χ1) is 10.2. The van der Waals surface area contributed by atoms with Crippen molar-refractivity contribution < 1.29 is 0 Å². The van der Waals surface area contributed by atoms with E-state index in [0.717, 1.165) is 16.3 Å². The zero-order chi connectivity index (χ0) is 14.4. The van der Waals surface area contributed by atoms with Crippen molar-refractivity contribution in [3.05, 3.63) is 30.5 Å². The van der Waals surface area contributed by atoms with Crippen LogP contribution >= 0.6 is 11.3 Å². The van der Waals surface area contributed by atoms with Crippen LogP contribution in [-0.4, -0.2) is 39.6 Å². The van der Waals surface area contributed by atoms with Gasteiger partial charge in [0.2, 0.25) is 10.8 Å². The molecule has 0 fully saturated rings. The summed E-state index contributed by atoms with van der Waals surface area (Å²) in [4.78, 5) is 9.00. The lowest BCUT2D eigenvalue weighted by molar-refractivity contribution is 0.756. The van der Waals surface area contributed by atoms with Crippen molar-refractivity contribution in [2.75, 3.05) is 0 Å². The molecule has 0 bridgehead atoms. The van der Waals surface area contributed by atoms with E-state index in [9.17, 15) is 0 Å². The molecule has 4 rings (SSSR count). The zero-order valence-electron chi connectivity index (χ0n) is 11.3. The van der Waals surface area contributed by atoms with E-state index < -0.39 is 0 Å². The Labute approximate surface area is 123 Å². The van der Waals surface area contributed by atoms with Gasteiger partial charge in [0.05, 0.1) is 17.5 Å². The Morgan fingerprint density at radius 1 is 1.14 bits per heavy atom. The lowest BCUT2D eigenvalue weighted by atomic mass is 10.3. The van der Waals surface area contributed by atoms with E-state index in [0.29, 0.717) is 16.5 Å². The Kier molecular flexibility index (Phi) is 2.54. The molecular weight excluding hydrogens is 288 g/mol. The molecule has 104 valence electrons. The number of aromatic nitrogens is 8. The third-order valence-electron chi connectivity index (χ3n) is 3.03. The fraction of sp³-hybridized carbons (Fsp3) is 0.167. The summed E-state index contributed by atoms with van der Waals surface area (Å²) in [6, 6.07) is 0. The van der Waals surface area contributed by atoms with Crippen LogP contribution in [0, 0.1) is 6.92 Å². The summed E-state index contributed by atoms with van der Waals surface area (Å²) in [5.74, 6) is 0.585. The molecule has 4 aromatic heterocycles. The van der Waals surface area contributed by atoms with Gasteiger partial charge in [-0.1, -0.05) is 11.3 Å². The van der Waals surface area contributed by atoms with Gasteiger partial charge in [-0.25, -0.2) is 4.98 Å². The van der Waals surface area contributed by atoms with Gasteiger partial charge >= 0.3 is 0 Å². The lowest BCUT2D eigenvalue weighted by Crippen LogP contribution is -1.93. The maximum Gasteiger partial charge on any atom is 0.235 e. The highest BCUT2D eigenvalue weighted by Gasteiger charge is 2.17. The van der Waals surface area contributed by atoms with Gasteiger partial charge in [0.15, 0.2) is 5.01 Å². The van der Waals surface area contributed by atoms with Crippen molar-refractivity contribution >= 4 is 16.3 Å². The highest BCUT2D eigenvalue weighted by atomic mass is 32.1. The quantitative estimate of drug-likeness (QED) is 0.555. The van der Waals surface area contributed by atoms with E-state index >= 15 is 0 Å². The molecule has 0 aliphatic heterocycles. The second-order valence-electron chi connectivity index (χ2n) is 4.52. The molecule has 0 radical (unpaired) electrons. The maximum absolute atomic E-state index is 4.58. The zero-order valence-corrected chi connectivity index (χ0v) is 12.1. The van der Waals surface area contributed by atoms with Gasteiger partial charge in [-0.15, -0.1) is 10.2 Å². The Morgan fingerprint density at radius 2 is 2.05 bits per heavy atom. The Morgan fingerprint density at radius 3 is 2.76 bits per heavy atom.